The summed E-state index contributed by atoms with van der Waals surface area (Å²) in [6.45, 7) is 8.91. The highest BCUT2D eigenvalue weighted by atomic mass is 16.5. The molecule has 3 nitrogen and oxygen atoms in total. The van der Waals surface area contributed by atoms with Gasteiger partial charge in [-0.1, -0.05) is 44.2 Å². The Labute approximate surface area is 151 Å². The van der Waals surface area contributed by atoms with Gasteiger partial charge in [0.1, 0.15) is 5.75 Å². The van der Waals surface area contributed by atoms with Gasteiger partial charge in [-0.2, -0.15) is 0 Å². The number of benzene rings is 2. The number of hydrogen-bond donors (Lipinski definition) is 1. The zero-order valence-corrected chi connectivity index (χ0v) is 15.8. The van der Waals surface area contributed by atoms with E-state index in [9.17, 15) is 4.79 Å². The summed E-state index contributed by atoms with van der Waals surface area (Å²) < 4.78 is 5.83. The minimum atomic E-state index is 0.0557. The largest absolute Gasteiger partial charge is 0.493 e. The van der Waals surface area contributed by atoms with Crippen molar-refractivity contribution in [3.8, 4) is 5.75 Å². The first-order valence-electron chi connectivity index (χ1n) is 9.16. The van der Waals surface area contributed by atoms with Crippen LogP contribution in [0.4, 0.5) is 5.69 Å². The molecule has 134 valence electrons. The molecule has 0 aliphatic heterocycles. The molecule has 0 aromatic heterocycles. The molecule has 2 aromatic rings. The molecule has 0 bridgehead atoms. The molecule has 0 aliphatic carbocycles. The van der Waals surface area contributed by atoms with Gasteiger partial charge in [0.2, 0.25) is 5.91 Å². The summed E-state index contributed by atoms with van der Waals surface area (Å²) in [5, 5.41) is 3.11. The van der Waals surface area contributed by atoms with Crippen LogP contribution in [0.3, 0.4) is 0 Å². The number of hydrogen-bond acceptors (Lipinski definition) is 2. The zero-order chi connectivity index (χ0) is 18.2. The number of carbonyl (C=O) groups excluding carboxylic acids is 1. The molecule has 0 saturated carbocycles. The fraction of sp³-hybridized carbons (Fsp3) is 0.409. The summed E-state index contributed by atoms with van der Waals surface area (Å²) in [7, 11) is 0. The molecule has 3 heteroatoms. The Morgan fingerprint density at radius 2 is 1.64 bits per heavy atom. The molecule has 0 atom stereocenters. The van der Waals surface area contributed by atoms with Crippen molar-refractivity contribution in [2.45, 2.75) is 53.4 Å². The van der Waals surface area contributed by atoms with Gasteiger partial charge in [-0.05, 0) is 61.4 Å². The van der Waals surface area contributed by atoms with Gasteiger partial charge in [-0.3, -0.25) is 4.79 Å². The molecule has 0 fully saturated rings. The van der Waals surface area contributed by atoms with Crippen LogP contribution in [0.2, 0.25) is 0 Å². The van der Waals surface area contributed by atoms with Crippen molar-refractivity contribution in [3.05, 3.63) is 58.7 Å². The maximum atomic E-state index is 12.3. The molecule has 25 heavy (non-hydrogen) atoms. The molecule has 0 heterocycles. The highest BCUT2D eigenvalue weighted by Crippen LogP contribution is 2.23. The van der Waals surface area contributed by atoms with E-state index < -0.39 is 0 Å². The fourth-order valence-corrected chi connectivity index (χ4v) is 2.90. The van der Waals surface area contributed by atoms with Gasteiger partial charge >= 0.3 is 0 Å². The van der Waals surface area contributed by atoms with E-state index >= 15 is 0 Å². The predicted molar refractivity (Wildman–Crippen MR) is 104 cm³/mol. The van der Waals surface area contributed by atoms with E-state index in [-0.39, 0.29) is 5.91 Å². The Morgan fingerprint density at radius 3 is 2.28 bits per heavy atom. The van der Waals surface area contributed by atoms with Gasteiger partial charge in [-0.15, -0.1) is 0 Å². The van der Waals surface area contributed by atoms with Gasteiger partial charge in [-0.25, -0.2) is 0 Å². The van der Waals surface area contributed by atoms with Crippen LogP contribution in [-0.2, 0) is 17.6 Å². The minimum Gasteiger partial charge on any atom is -0.493 e. The van der Waals surface area contributed by atoms with Gasteiger partial charge in [0, 0.05) is 12.1 Å². The van der Waals surface area contributed by atoms with Crippen LogP contribution >= 0.6 is 0 Å². The third kappa shape index (κ3) is 5.09. The summed E-state index contributed by atoms with van der Waals surface area (Å²) in [6.07, 6.45) is 3.00. The van der Waals surface area contributed by atoms with Gasteiger partial charge in [0.05, 0.1) is 6.61 Å². The van der Waals surface area contributed by atoms with Crippen molar-refractivity contribution in [2.24, 2.45) is 0 Å². The zero-order valence-electron chi connectivity index (χ0n) is 15.8. The highest BCUT2D eigenvalue weighted by molar-refractivity contribution is 5.92. The number of rotatable bonds is 8. The van der Waals surface area contributed by atoms with E-state index in [4.69, 9.17) is 4.74 Å². The van der Waals surface area contributed by atoms with E-state index in [2.05, 4.69) is 57.3 Å². The van der Waals surface area contributed by atoms with E-state index in [0.717, 1.165) is 29.8 Å². The summed E-state index contributed by atoms with van der Waals surface area (Å²) in [4.78, 5) is 12.3. The molecule has 0 spiro atoms. The van der Waals surface area contributed by atoms with Crippen LogP contribution in [0.5, 0.6) is 5.75 Å². The second-order valence-electron chi connectivity index (χ2n) is 6.36. The van der Waals surface area contributed by atoms with Crippen molar-refractivity contribution >= 4 is 11.6 Å². The average Bonchev–Trinajstić information content (AvgIpc) is 2.62. The lowest BCUT2D eigenvalue weighted by Crippen LogP contribution is -2.15. The Kier molecular flexibility index (Phi) is 7.05. The molecule has 0 radical (unpaired) electrons. The second kappa shape index (κ2) is 9.26. The van der Waals surface area contributed by atoms with E-state index in [0.29, 0.717) is 19.4 Å². The van der Waals surface area contributed by atoms with Gasteiger partial charge in [0.15, 0.2) is 0 Å². The molecule has 0 saturated heterocycles. The molecular formula is C22H29NO2. The van der Waals surface area contributed by atoms with Crippen molar-refractivity contribution in [1.29, 1.82) is 0 Å². The number of amides is 1. The van der Waals surface area contributed by atoms with Crippen molar-refractivity contribution < 1.29 is 9.53 Å². The van der Waals surface area contributed by atoms with Gasteiger partial charge < -0.3 is 10.1 Å². The summed E-state index contributed by atoms with van der Waals surface area (Å²) in [6, 6.07) is 12.3. The number of nitrogens with one attached hydrogen (secondary N) is 1. The normalized spacial score (nSPS) is 10.6. The lowest BCUT2D eigenvalue weighted by atomic mass is 10.0. The standard InChI is InChI=1S/C22H29NO2/c1-5-18-11-8-12-19(6-2)22(18)23-21(24)14-9-15-25-20-13-7-10-16(3)17(20)4/h7-8,10-13H,5-6,9,14-15H2,1-4H3,(H,23,24). The third-order valence-electron chi connectivity index (χ3n) is 4.62. The first-order valence-corrected chi connectivity index (χ1v) is 9.16. The van der Waals surface area contributed by atoms with Crippen LogP contribution in [0.1, 0.15) is 48.9 Å². The molecular weight excluding hydrogens is 310 g/mol. The smallest absolute Gasteiger partial charge is 0.224 e. The summed E-state index contributed by atoms with van der Waals surface area (Å²) in [5.41, 5.74) is 5.77. The fourth-order valence-electron chi connectivity index (χ4n) is 2.90. The third-order valence-corrected chi connectivity index (χ3v) is 4.62. The van der Waals surface area contributed by atoms with Crippen molar-refractivity contribution in [2.75, 3.05) is 11.9 Å². The van der Waals surface area contributed by atoms with Crippen LogP contribution in [0, 0.1) is 13.8 Å². The number of aryl methyl sites for hydroxylation is 3. The monoisotopic (exact) mass is 339 g/mol. The highest BCUT2D eigenvalue weighted by Gasteiger charge is 2.10. The molecule has 1 N–H and O–H groups in total. The second-order valence-corrected chi connectivity index (χ2v) is 6.36. The average molecular weight is 339 g/mol. The predicted octanol–water partition coefficient (Wildman–Crippen LogP) is 5.23. The quantitative estimate of drug-likeness (QED) is 0.669. The first kappa shape index (κ1) is 19.0. The Balaban J connectivity index is 1.86. The SMILES string of the molecule is CCc1cccc(CC)c1NC(=O)CCCOc1cccc(C)c1C. The molecule has 0 aliphatic rings. The van der Waals surface area contributed by atoms with E-state index in [1.54, 1.807) is 0 Å². The Bertz CT molecular complexity index is 700. The topological polar surface area (TPSA) is 38.3 Å². The first-order chi connectivity index (χ1) is 12.1. The molecule has 0 unspecified atom stereocenters. The Hall–Kier alpha value is -2.29. The van der Waals surface area contributed by atoms with Crippen LogP contribution in [0.15, 0.2) is 36.4 Å². The number of ether oxygens (including phenoxy) is 1. The number of para-hydroxylation sites is 1. The number of carbonyl (C=O) groups is 1. The summed E-state index contributed by atoms with van der Waals surface area (Å²) >= 11 is 0. The maximum Gasteiger partial charge on any atom is 0.224 e. The Morgan fingerprint density at radius 1 is 1.00 bits per heavy atom. The maximum absolute atomic E-state index is 12.3. The minimum absolute atomic E-state index is 0.0557. The molecule has 2 aromatic carbocycles. The lowest BCUT2D eigenvalue weighted by molar-refractivity contribution is -0.116. The van der Waals surface area contributed by atoms with Crippen LogP contribution in [-0.4, -0.2) is 12.5 Å². The molecule has 2 rings (SSSR count). The van der Waals surface area contributed by atoms with Gasteiger partial charge in [0.25, 0.3) is 0 Å². The van der Waals surface area contributed by atoms with E-state index in [1.807, 2.05) is 12.1 Å². The van der Waals surface area contributed by atoms with Crippen molar-refractivity contribution in [3.63, 3.8) is 0 Å². The van der Waals surface area contributed by atoms with Crippen LogP contribution in [0.25, 0.3) is 0 Å². The molecule has 1 amide bonds. The van der Waals surface area contributed by atoms with Crippen molar-refractivity contribution in [1.82, 2.24) is 0 Å². The number of anilines is 1. The summed E-state index contributed by atoms with van der Waals surface area (Å²) in [5.74, 6) is 0.963. The lowest BCUT2D eigenvalue weighted by Gasteiger charge is -2.15. The van der Waals surface area contributed by atoms with Crippen LogP contribution < -0.4 is 10.1 Å². The van der Waals surface area contributed by atoms with E-state index in [1.165, 1.54) is 16.7 Å².